The number of piperidine rings is 1. The molecule has 1 aliphatic heterocycles. The molecule has 2 N–H and O–H groups in total. The number of fused-ring (bicyclic) bond motifs is 1. The highest BCUT2D eigenvalue weighted by Crippen LogP contribution is 2.29. The van der Waals surface area contributed by atoms with E-state index in [2.05, 4.69) is 46.0 Å². The van der Waals surface area contributed by atoms with Gasteiger partial charge in [0.1, 0.15) is 24.0 Å². The van der Waals surface area contributed by atoms with E-state index in [0.29, 0.717) is 48.4 Å². The Morgan fingerprint density at radius 1 is 1.02 bits per heavy atom. The van der Waals surface area contributed by atoms with Crippen molar-refractivity contribution in [2.45, 2.75) is 51.8 Å². The predicted molar refractivity (Wildman–Crippen MR) is 189 cm³/mol. The number of likely N-dealkylation sites (tertiary alicyclic amines) is 1. The van der Waals surface area contributed by atoms with Gasteiger partial charge in [0.2, 0.25) is 12.3 Å². The zero-order valence-electron chi connectivity index (χ0n) is 27.9. The summed E-state index contributed by atoms with van der Waals surface area (Å²) in [5.41, 5.74) is 5.75. The van der Waals surface area contributed by atoms with E-state index >= 15 is 0 Å². The molecule has 6 rings (SSSR count). The normalized spacial score (nSPS) is 13.6. The van der Waals surface area contributed by atoms with Crippen molar-refractivity contribution in [2.75, 3.05) is 33.4 Å². The zero-order chi connectivity index (χ0) is 34.6. The Morgan fingerprint density at radius 3 is 2.59 bits per heavy atom. The molecule has 1 fully saturated rings. The smallest absolute Gasteiger partial charge is 0.213 e. The number of pyridine rings is 1. The van der Waals surface area contributed by atoms with Gasteiger partial charge >= 0.3 is 0 Å². The lowest BCUT2D eigenvalue weighted by Gasteiger charge is -2.31. The van der Waals surface area contributed by atoms with E-state index in [0.717, 1.165) is 67.1 Å². The maximum Gasteiger partial charge on any atom is 0.213 e. The monoisotopic (exact) mass is 687 g/mol. The Hall–Kier alpha value is -4.51. The number of rotatable bonds is 13. The summed E-state index contributed by atoms with van der Waals surface area (Å²) in [6.07, 6.45) is 3.34. The van der Waals surface area contributed by atoms with Crippen LogP contribution in [0.4, 0.5) is 4.39 Å². The fraction of sp³-hybridized carbons (Fsp3) is 0.342. The van der Waals surface area contributed by atoms with Gasteiger partial charge in [0, 0.05) is 48.5 Å². The number of halogens is 2. The molecule has 1 amide bonds. The van der Waals surface area contributed by atoms with Gasteiger partial charge in [-0.05, 0) is 86.8 Å². The van der Waals surface area contributed by atoms with E-state index in [1.807, 2.05) is 24.3 Å². The minimum Gasteiger partial charge on any atom is -0.508 e. The first-order valence-corrected chi connectivity index (χ1v) is 16.9. The van der Waals surface area contributed by atoms with Crippen molar-refractivity contribution < 1.29 is 23.8 Å². The lowest BCUT2D eigenvalue weighted by molar-refractivity contribution is -0.109. The summed E-state index contributed by atoms with van der Waals surface area (Å²) in [6.45, 7) is 6.97. The number of nitrogens with one attached hydrogen (secondary N) is 1. The molecule has 1 saturated heterocycles. The summed E-state index contributed by atoms with van der Waals surface area (Å²) in [5.74, 6) is 1.87. The molecule has 0 radical (unpaired) electrons. The second kappa shape index (κ2) is 17.8. The lowest BCUT2D eigenvalue weighted by Crippen LogP contribution is -2.33. The number of nitrogens with zero attached hydrogens (tertiary/aromatic N) is 4. The van der Waals surface area contributed by atoms with Gasteiger partial charge in [0.25, 0.3) is 0 Å². The van der Waals surface area contributed by atoms with Crippen molar-refractivity contribution in [1.29, 1.82) is 0 Å². The third kappa shape index (κ3) is 10.0. The summed E-state index contributed by atoms with van der Waals surface area (Å²) in [5, 5.41) is 12.2. The molecule has 3 aromatic carbocycles. The van der Waals surface area contributed by atoms with Gasteiger partial charge < -0.3 is 24.5 Å². The number of phenolic OH excluding ortho intramolecular Hbond substituents is 1. The van der Waals surface area contributed by atoms with Crippen LogP contribution in [0.15, 0.2) is 78.9 Å². The summed E-state index contributed by atoms with van der Waals surface area (Å²) < 4.78 is 27.5. The van der Waals surface area contributed by atoms with E-state index in [-0.39, 0.29) is 18.2 Å². The number of aromatic hydroxyl groups is 1. The van der Waals surface area contributed by atoms with E-state index < -0.39 is 0 Å². The number of benzene rings is 3. The molecule has 0 bridgehead atoms. The summed E-state index contributed by atoms with van der Waals surface area (Å²) in [7, 11) is 1.73. The van der Waals surface area contributed by atoms with Crippen molar-refractivity contribution in [3.8, 4) is 11.6 Å². The molecular formula is C38H43ClFN5O4. The van der Waals surface area contributed by atoms with Gasteiger partial charge in [-0.2, -0.15) is 0 Å². The molecule has 0 spiro atoms. The van der Waals surface area contributed by atoms with Crippen LogP contribution in [0.5, 0.6) is 11.6 Å². The first-order valence-electron chi connectivity index (χ1n) is 16.5. The third-order valence-corrected chi connectivity index (χ3v) is 8.86. The van der Waals surface area contributed by atoms with Crippen LogP contribution < -0.4 is 10.1 Å². The van der Waals surface area contributed by atoms with Crippen molar-refractivity contribution >= 4 is 29.0 Å². The zero-order valence-corrected chi connectivity index (χ0v) is 28.7. The summed E-state index contributed by atoms with van der Waals surface area (Å²) in [6, 6.07) is 24.0. The number of imidazole rings is 1. The van der Waals surface area contributed by atoms with Crippen LogP contribution in [0, 0.1) is 12.7 Å². The highest BCUT2D eigenvalue weighted by atomic mass is 35.5. The number of methoxy groups -OCH3 is 1. The van der Waals surface area contributed by atoms with Crippen molar-refractivity contribution in [3.05, 3.63) is 118 Å². The number of ether oxygens (including phenoxy) is 2. The topological polar surface area (TPSA) is 102 Å². The van der Waals surface area contributed by atoms with Crippen LogP contribution in [0.25, 0.3) is 11.0 Å². The average Bonchev–Trinajstić information content (AvgIpc) is 3.44. The number of aryl methyl sites for hydroxylation is 1. The number of phenols is 1. The first-order chi connectivity index (χ1) is 23.8. The van der Waals surface area contributed by atoms with E-state index in [9.17, 15) is 14.3 Å². The molecular weight excluding hydrogens is 645 g/mol. The van der Waals surface area contributed by atoms with Gasteiger partial charge in [-0.1, -0.05) is 48.0 Å². The highest BCUT2D eigenvalue weighted by Gasteiger charge is 2.24. The third-order valence-electron chi connectivity index (χ3n) is 8.62. The van der Waals surface area contributed by atoms with E-state index in [1.165, 1.54) is 11.6 Å². The van der Waals surface area contributed by atoms with Gasteiger partial charge in [-0.25, -0.2) is 14.4 Å². The first kappa shape index (κ1) is 35.8. The largest absolute Gasteiger partial charge is 0.508 e. The van der Waals surface area contributed by atoms with Crippen molar-refractivity contribution in [1.82, 2.24) is 24.8 Å². The lowest BCUT2D eigenvalue weighted by atomic mass is 9.93. The molecule has 0 unspecified atom stereocenters. The molecule has 5 aromatic rings. The molecule has 9 nitrogen and oxygen atoms in total. The minimum atomic E-state index is -0.373. The van der Waals surface area contributed by atoms with E-state index in [1.54, 1.807) is 31.4 Å². The number of carbonyl (C=O) groups excluding carboxylic acids is 1. The summed E-state index contributed by atoms with van der Waals surface area (Å²) in [4.78, 5) is 22.1. The van der Waals surface area contributed by atoms with Crippen LogP contribution in [0.3, 0.4) is 0 Å². The van der Waals surface area contributed by atoms with Crippen LogP contribution >= 0.6 is 11.6 Å². The minimum absolute atomic E-state index is 0.113. The standard InChI is InChI=1S/C29H32ClFN4O2.C9H11NO2/c1-20-6-9-27-26(16-20)32-28(35(27)14-15-36-2)18-34-12-10-21(11-13-34)25-4-3-5-29(33-25)37-19-22-7-8-23(30)17-24(22)31;11-7-10-6-5-8-3-1-2-4-9(8)12/h3-9,16-17,21H,10-15,18-19H2,1-2H3;1-4,7,12H,5-6H2,(H,10,11). The maximum absolute atomic E-state index is 14.1. The Bertz CT molecular complexity index is 1830. The van der Waals surface area contributed by atoms with Crippen LogP contribution in [-0.2, 0) is 35.6 Å². The average molecular weight is 688 g/mol. The predicted octanol–water partition coefficient (Wildman–Crippen LogP) is 6.82. The second-order valence-electron chi connectivity index (χ2n) is 12.1. The Morgan fingerprint density at radius 2 is 1.84 bits per heavy atom. The quantitative estimate of drug-likeness (QED) is 0.104. The molecule has 1 aliphatic rings. The van der Waals surface area contributed by atoms with Crippen molar-refractivity contribution in [2.24, 2.45) is 0 Å². The molecule has 3 heterocycles. The molecule has 258 valence electrons. The fourth-order valence-electron chi connectivity index (χ4n) is 5.95. The Kier molecular flexibility index (Phi) is 13.0. The van der Waals surface area contributed by atoms with Gasteiger partial charge in [-0.3, -0.25) is 9.69 Å². The molecule has 11 heteroatoms. The summed E-state index contributed by atoms with van der Waals surface area (Å²) >= 11 is 5.84. The van der Waals surface area contributed by atoms with E-state index in [4.69, 9.17) is 31.0 Å². The second-order valence-corrected chi connectivity index (χ2v) is 12.5. The number of para-hydroxylation sites is 1. The number of hydrogen-bond acceptors (Lipinski definition) is 7. The molecule has 0 aliphatic carbocycles. The number of amides is 1. The number of carbonyl (C=O) groups is 1. The highest BCUT2D eigenvalue weighted by molar-refractivity contribution is 6.30. The molecule has 0 saturated carbocycles. The Balaban J connectivity index is 0.000000330. The molecule has 2 aromatic heterocycles. The SMILES string of the molecule is COCCn1c(CN2CCC(c3cccc(OCc4ccc(Cl)cc4F)n3)CC2)nc2cc(C)ccc21.O=CNCCc1ccccc1O. The number of hydrogen-bond donors (Lipinski definition) is 2. The van der Waals surface area contributed by atoms with Gasteiger partial charge in [0.05, 0.1) is 24.2 Å². The van der Waals surface area contributed by atoms with Crippen LogP contribution in [0.2, 0.25) is 5.02 Å². The maximum atomic E-state index is 14.1. The fourth-order valence-corrected chi connectivity index (χ4v) is 6.11. The van der Waals surface area contributed by atoms with Crippen LogP contribution in [-0.4, -0.2) is 64.3 Å². The van der Waals surface area contributed by atoms with Crippen LogP contribution in [0.1, 0.15) is 47.0 Å². The van der Waals surface area contributed by atoms with Gasteiger partial charge in [-0.15, -0.1) is 0 Å². The van der Waals surface area contributed by atoms with Crippen molar-refractivity contribution in [3.63, 3.8) is 0 Å². The Labute approximate surface area is 291 Å². The van der Waals surface area contributed by atoms with Gasteiger partial charge in [0.15, 0.2) is 0 Å². The molecule has 49 heavy (non-hydrogen) atoms. The number of aromatic nitrogens is 3. The molecule has 0 atom stereocenters.